The molecule has 0 aromatic heterocycles. The SMILES string of the molecule is CCc1cccc(CC)c1NCC(O)CC. The van der Waals surface area contributed by atoms with Crippen molar-refractivity contribution in [3.63, 3.8) is 0 Å². The van der Waals surface area contributed by atoms with Crippen LogP contribution in [0.3, 0.4) is 0 Å². The van der Waals surface area contributed by atoms with E-state index in [2.05, 4.69) is 37.4 Å². The third-order valence-corrected chi connectivity index (χ3v) is 2.98. The molecule has 2 N–H and O–H groups in total. The summed E-state index contributed by atoms with van der Waals surface area (Å²) >= 11 is 0. The fourth-order valence-electron chi connectivity index (χ4n) is 1.83. The Morgan fingerprint density at radius 2 is 1.69 bits per heavy atom. The molecule has 0 fully saturated rings. The standard InChI is InChI=1S/C14H23NO/c1-4-11-8-7-9-12(5-2)14(11)15-10-13(16)6-3/h7-9,13,15-16H,4-6,10H2,1-3H3. The molecule has 0 spiro atoms. The van der Waals surface area contributed by atoms with Crippen LogP contribution in [0.25, 0.3) is 0 Å². The second-order valence-electron chi connectivity index (χ2n) is 4.10. The van der Waals surface area contributed by atoms with E-state index in [0.717, 1.165) is 19.3 Å². The van der Waals surface area contributed by atoms with Gasteiger partial charge in [-0.3, -0.25) is 0 Å². The average molecular weight is 221 g/mol. The van der Waals surface area contributed by atoms with Gasteiger partial charge in [0.25, 0.3) is 0 Å². The Morgan fingerprint density at radius 1 is 1.12 bits per heavy atom. The summed E-state index contributed by atoms with van der Waals surface area (Å²) in [6.45, 7) is 6.96. The molecular weight excluding hydrogens is 198 g/mol. The summed E-state index contributed by atoms with van der Waals surface area (Å²) in [5.41, 5.74) is 3.89. The van der Waals surface area contributed by atoms with Crippen LogP contribution < -0.4 is 5.32 Å². The molecule has 0 radical (unpaired) electrons. The Bertz CT molecular complexity index is 300. The van der Waals surface area contributed by atoms with Crippen LogP contribution in [-0.4, -0.2) is 17.8 Å². The van der Waals surface area contributed by atoms with Gasteiger partial charge in [0, 0.05) is 12.2 Å². The van der Waals surface area contributed by atoms with Gasteiger partial charge in [0.15, 0.2) is 0 Å². The third-order valence-electron chi connectivity index (χ3n) is 2.98. The molecule has 1 aromatic carbocycles. The zero-order valence-corrected chi connectivity index (χ0v) is 10.6. The van der Waals surface area contributed by atoms with Gasteiger partial charge >= 0.3 is 0 Å². The minimum absolute atomic E-state index is 0.255. The van der Waals surface area contributed by atoms with Crippen LogP contribution >= 0.6 is 0 Å². The minimum atomic E-state index is -0.255. The second kappa shape index (κ2) is 6.54. The molecule has 0 saturated heterocycles. The molecule has 16 heavy (non-hydrogen) atoms. The molecule has 0 bridgehead atoms. The second-order valence-corrected chi connectivity index (χ2v) is 4.10. The van der Waals surface area contributed by atoms with Gasteiger partial charge in [0.1, 0.15) is 0 Å². The summed E-state index contributed by atoms with van der Waals surface area (Å²) in [7, 11) is 0. The van der Waals surface area contributed by atoms with Crippen LogP contribution in [0.5, 0.6) is 0 Å². The molecule has 0 saturated carbocycles. The molecule has 90 valence electrons. The number of anilines is 1. The maximum absolute atomic E-state index is 9.58. The maximum Gasteiger partial charge on any atom is 0.0709 e. The Balaban J connectivity index is 2.82. The molecule has 1 rings (SSSR count). The van der Waals surface area contributed by atoms with E-state index in [1.54, 1.807) is 0 Å². The van der Waals surface area contributed by atoms with E-state index < -0.39 is 0 Å². The molecule has 1 atom stereocenters. The number of hydrogen-bond donors (Lipinski definition) is 2. The van der Waals surface area contributed by atoms with Crippen LogP contribution in [0.15, 0.2) is 18.2 Å². The summed E-state index contributed by atoms with van der Waals surface area (Å²) in [4.78, 5) is 0. The first kappa shape index (κ1) is 13.0. The number of rotatable bonds is 6. The lowest BCUT2D eigenvalue weighted by Gasteiger charge is -2.17. The van der Waals surface area contributed by atoms with Crippen LogP contribution in [0.1, 0.15) is 38.3 Å². The predicted molar refractivity (Wildman–Crippen MR) is 70.0 cm³/mol. The van der Waals surface area contributed by atoms with E-state index in [1.807, 2.05) is 6.92 Å². The largest absolute Gasteiger partial charge is 0.391 e. The van der Waals surface area contributed by atoms with E-state index in [0.29, 0.717) is 6.54 Å². The highest BCUT2D eigenvalue weighted by Gasteiger charge is 2.07. The van der Waals surface area contributed by atoms with Gasteiger partial charge in [-0.25, -0.2) is 0 Å². The maximum atomic E-state index is 9.58. The number of aliphatic hydroxyl groups is 1. The summed E-state index contributed by atoms with van der Waals surface area (Å²) in [6.07, 6.45) is 2.59. The highest BCUT2D eigenvalue weighted by atomic mass is 16.3. The highest BCUT2D eigenvalue weighted by molar-refractivity contribution is 5.57. The monoisotopic (exact) mass is 221 g/mol. The van der Waals surface area contributed by atoms with Crippen molar-refractivity contribution in [3.05, 3.63) is 29.3 Å². The summed E-state index contributed by atoms with van der Waals surface area (Å²) < 4.78 is 0. The van der Waals surface area contributed by atoms with Gasteiger partial charge in [-0.05, 0) is 30.4 Å². The Labute approximate surface area is 98.7 Å². The van der Waals surface area contributed by atoms with Crippen molar-refractivity contribution in [2.45, 2.75) is 46.1 Å². The van der Waals surface area contributed by atoms with Crippen molar-refractivity contribution in [1.29, 1.82) is 0 Å². The van der Waals surface area contributed by atoms with Gasteiger partial charge in [-0.1, -0.05) is 39.0 Å². The first-order chi connectivity index (χ1) is 7.72. The smallest absolute Gasteiger partial charge is 0.0709 e. The predicted octanol–water partition coefficient (Wildman–Crippen LogP) is 2.99. The van der Waals surface area contributed by atoms with Crippen molar-refractivity contribution >= 4 is 5.69 Å². The molecule has 0 heterocycles. The average Bonchev–Trinajstić information content (AvgIpc) is 2.35. The lowest BCUT2D eigenvalue weighted by atomic mass is 10.0. The lowest BCUT2D eigenvalue weighted by molar-refractivity contribution is 0.183. The molecule has 0 amide bonds. The van der Waals surface area contributed by atoms with Crippen LogP contribution in [0.2, 0.25) is 0 Å². The van der Waals surface area contributed by atoms with Crippen molar-refractivity contribution in [3.8, 4) is 0 Å². The summed E-state index contributed by atoms with van der Waals surface area (Å²) in [5, 5.41) is 13.0. The van der Waals surface area contributed by atoms with Gasteiger partial charge in [-0.2, -0.15) is 0 Å². The number of aryl methyl sites for hydroxylation is 2. The highest BCUT2D eigenvalue weighted by Crippen LogP contribution is 2.22. The van der Waals surface area contributed by atoms with Crippen molar-refractivity contribution in [1.82, 2.24) is 0 Å². The molecular formula is C14H23NO. The molecule has 1 aromatic rings. The summed E-state index contributed by atoms with van der Waals surface area (Å²) in [5.74, 6) is 0. The molecule has 2 nitrogen and oxygen atoms in total. The first-order valence-corrected chi connectivity index (χ1v) is 6.25. The number of hydrogen-bond acceptors (Lipinski definition) is 2. The Kier molecular flexibility index (Phi) is 5.33. The minimum Gasteiger partial charge on any atom is -0.391 e. The fourth-order valence-corrected chi connectivity index (χ4v) is 1.83. The summed E-state index contributed by atoms with van der Waals surface area (Å²) in [6, 6.07) is 6.42. The topological polar surface area (TPSA) is 32.3 Å². The Hall–Kier alpha value is -1.02. The lowest BCUT2D eigenvalue weighted by Crippen LogP contribution is -2.19. The molecule has 1 unspecified atom stereocenters. The number of para-hydroxylation sites is 1. The van der Waals surface area contributed by atoms with E-state index in [-0.39, 0.29) is 6.10 Å². The molecule has 0 aliphatic heterocycles. The van der Waals surface area contributed by atoms with Crippen LogP contribution in [0.4, 0.5) is 5.69 Å². The third kappa shape index (κ3) is 3.24. The van der Waals surface area contributed by atoms with E-state index in [1.165, 1.54) is 16.8 Å². The van der Waals surface area contributed by atoms with E-state index in [4.69, 9.17) is 0 Å². The first-order valence-electron chi connectivity index (χ1n) is 6.25. The fraction of sp³-hybridized carbons (Fsp3) is 0.571. The zero-order valence-electron chi connectivity index (χ0n) is 10.6. The Morgan fingerprint density at radius 3 is 2.12 bits per heavy atom. The van der Waals surface area contributed by atoms with Crippen molar-refractivity contribution < 1.29 is 5.11 Å². The normalized spacial score (nSPS) is 12.5. The van der Waals surface area contributed by atoms with Crippen molar-refractivity contribution in [2.24, 2.45) is 0 Å². The van der Waals surface area contributed by atoms with Crippen molar-refractivity contribution in [2.75, 3.05) is 11.9 Å². The molecule has 2 heteroatoms. The zero-order chi connectivity index (χ0) is 12.0. The van der Waals surface area contributed by atoms with E-state index >= 15 is 0 Å². The molecule has 0 aliphatic rings. The van der Waals surface area contributed by atoms with E-state index in [9.17, 15) is 5.11 Å². The molecule has 0 aliphatic carbocycles. The van der Waals surface area contributed by atoms with Gasteiger partial charge in [-0.15, -0.1) is 0 Å². The van der Waals surface area contributed by atoms with Crippen LogP contribution in [-0.2, 0) is 12.8 Å². The number of benzene rings is 1. The van der Waals surface area contributed by atoms with Gasteiger partial charge < -0.3 is 10.4 Å². The number of nitrogens with one attached hydrogen (secondary N) is 1. The van der Waals surface area contributed by atoms with Gasteiger partial charge in [0.05, 0.1) is 6.10 Å². The number of aliphatic hydroxyl groups excluding tert-OH is 1. The van der Waals surface area contributed by atoms with Crippen LogP contribution in [0, 0.1) is 0 Å². The quantitative estimate of drug-likeness (QED) is 0.774. The van der Waals surface area contributed by atoms with Gasteiger partial charge in [0.2, 0.25) is 0 Å².